The summed E-state index contributed by atoms with van der Waals surface area (Å²) >= 11 is 0. The van der Waals surface area contributed by atoms with Crippen LogP contribution in [-0.2, 0) is 19.6 Å². The molecule has 6 heteroatoms. The normalized spacial score (nSPS) is 10.8. The van der Waals surface area contributed by atoms with Gasteiger partial charge in [0.1, 0.15) is 0 Å². The monoisotopic (exact) mass is 426 g/mol. The van der Waals surface area contributed by atoms with E-state index in [2.05, 4.69) is 6.92 Å². The molecular weight excluding hydrogens is 396 g/mol. The number of carbonyl (C=O) groups excluding carboxylic acids is 2. The molecule has 2 aromatic rings. The molecule has 0 bridgehead atoms. The van der Waals surface area contributed by atoms with Crippen molar-refractivity contribution in [2.75, 3.05) is 0 Å². The number of carbonyl (C=O) groups is 2. The Morgan fingerprint density at radius 1 is 0.677 bits per heavy atom. The highest BCUT2D eigenvalue weighted by atomic mass is 17.3. The average Bonchev–Trinajstić information content (AvgIpc) is 2.77. The van der Waals surface area contributed by atoms with Crippen LogP contribution in [0.4, 0.5) is 0 Å². The summed E-state index contributed by atoms with van der Waals surface area (Å²) < 4.78 is 0. The Balaban J connectivity index is 1.90. The van der Waals surface area contributed by atoms with Gasteiger partial charge in [-0.3, -0.25) is 9.78 Å². The molecule has 0 aliphatic rings. The van der Waals surface area contributed by atoms with E-state index in [9.17, 15) is 9.59 Å². The molecule has 0 amide bonds. The van der Waals surface area contributed by atoms with E-state index in [0.29, 0.717) is 17.5 Å². The van der Waals surface area contributed by atoms with Crippen LogP contribution in [0.5, 0.6) is 0 Å². The molecule has 0 saturated carbocycles. The number of aryl methyl sites for hydroxylation is 2. The molecular formula is C25H30O6. The summed E-state index contributed by atoms with van der Waals surface area (Å²) in [6.45, 7) is 7.43. The smallest absolute Gasteiger partial charge is 0.289 e. The lowest BCUT2D eigenvalue weighted by Crippen LogP contribution is -2.17. The minimum Gasteiger partial charge on any atom is -0.289 e. The largest absolute Gasteiger partial charge is 0.373 e. The summed E-state index contributed by atoms with van der Waals surface area (Å²) in [5.74, 6) is -1.31. The summed E-state index contributed by atoms with van der Waals surface area (Å²) in [6, 6.07) is 14.0. The van der Waals surface area contributed by atoms with Gasteiger partial charge in [0.15, 0.2) is 0 Å². The zero-order chi connectivity index (χ0) is 22.5. The topological polar surface area (TPSA) is 71.1 Å². The van der Waals surface area contributed by atoms with Crippen LogP contribution >= 0.6 is 0 Å². The molecule has 0 atom stereocenters. The molecule has 6 nitrogen and oxygen atoms in total. The fourth-order valence-corrected chi connectivity index (χ4v) is 2.94. The third-order valence-corrected chi connectivity index (χ3v) is 4.78. The van der Waals surface area contributed by atoms with Crippen molar-refractivity contribution in [2.24, 2.45) is 0 Å². The lowest BCUT2D eigenvalue weighted by atomic mass is 10.1. The Hall–Kier alpha value is -2.70. The van der Waals surface area contributed by atoms with Crippen molar-refractivity contribution in [1.29, 1.82) is 0 Å². The van der Waals surface area contributed by atoms with E-state index in [0.717, 1.165) is 49.7 Å². The molecule has 0 heterocycles. The maximum atomic E-state index is 12.3. The maximum Gasteiger partial charge on any atom is 0.373 e. The molecule has 0 saturated heterocycles. The van der Waals surface area contributed by atoms with Gasteiger partial charge >= 0.3 is 18.2 Å². The number of rotatable bonds is 13. The van der Waals surface area contributed by atoms with Crippen molar-refractivity contribution in [3.63, 3.8) is 0 Å². The lowest BCUT2D eigenvalue weighted by Gasteiger charge is -2.14. The van der Waals surface area contributed by atoms with Gasteiger partial charge < -0.3 is 0 Å². The van der Waals surface area contributed by atoms with Gasteiger partial charge in [0.05, 0.1) is 11.1 Å². The highest BCUT2D eigenvalue weighted by Gasteiger charge is 2.22. The second kappa shape index (κ2) is 13.6. The third kappa shape index (κ3) is 8.52. The summed E-state index contributed by atoms with van der Waals surface area (Å²) in [7, 11) is 0. The highest BCUT2D eigenvalue weighted by Crippen LogP contribution is 2.20. The quantitative estimate of drug-likeness (QED) is 0.215. The van der Waals surface area contributed by atoms with Crippen LogP contribution in [0.2, 0.25) is 0 Å². The summed E-state index contributed by atoms with van der Waals surface area (Å²) in [5.41, 5.74) is 2.28. The van der Waals surface area contributed by atoms with Crippen LogP contribution in [0, 0.1) is 27.1 Å². The van der Waals surface area contributed by atoms with Gasteiger partial charge in [0.2, 0.25) is 0 Å². The molecule has 166 valence electrons. The second-order valence-corrected chi connectivity index (χ2v) is 7.28. The fraction of sp³-hybridized carbons (Fsp3) is 0.360. The molecule has 31 heavy (non-hydrogen) atoms. The van der Waals surface area contributed by atoms with E-state index in [4.69, 9.17) is 19.6 Å². The van der Waals surface area contributed by atoms with Gasteiger partial charge in [-0.1, -0.05) is 75.4 Å². The average molecular weight is 427 g/mol. The minimum atomic E-state index is -0.653. The van der Waals surface area contributed by atoms with Crippen LogP contribution in [-0.4, -0.2) is 11.9 Å². The summed E-state index contributed by atoms with van der Waals surface area (Å²) in [5, 5.41) is 0. The first-order valence-electron chi connectivity index (χ1n) is 10.6. The zero-order valence-electron chi connectivity index (χ0n) is 18.2. The minimum absolute atomic E-state index is 0.0824. The Bertz CT molecular complexity index is 771. The van der Waals surface area contributed by atoms with E-state index < -0.39 is 11.9 Å². The van der Waals surface area contributed by atoms with Crippen molar-refractivity contribution in [2.45, 2.75) is 58.8 Å². The first-order valence-corrected chi connectivity index (χ1v) is 10.6. The van der Waals surface area contributed by atoms with Crippen LogP contribution in [0.3, 0.4) is 0 Å². The van der Waals surface area contributed by atoms with E-state index in [1.165, 1.54) is 0 Å². The lowest BCUT2D eigenvalue weighted by molar-refractivity contribution is -0.364. The van der Waals surface area contributed by atoms with Crippen LogP contribution < -0.4 is 0 Å². The van der Waals surface area contributed by atoms with Gasteiger partial charge in [-0.15, -0.1) is 9.78 Å². The van der Waals surface area contributed by atoms with Gasteiger partial charge in [-0.2, -0.15) is 0 Å². The Morgan fingerprint density at radius 3 is 1.61 bits per heavy atom. The molecule has 2 aromatic carbocycles. The van der Waals surface area contributed by atoms with Crippen LogP contribution in [0.1, 0.15) is 76.8 Å². The molecule has 0 N–H and O–H groups in total. The molecule has 0 aliphatic carbocycles. The fourth-order valence-electron chi connectivity index (χ4n) is 2.94. The second-order valence-electron chi connectivity index (χ2n) is 7.28. The predicted molar refractivity (Wildman–Crippen MR) is 116 cm³/mol. The van der Waals surface area contributed by atoms with E-state index >= 15 is 0 Å². The molecule has 2 rings (SSSR count). The Morgan fingerprint density at radius 2 is 1.13 bits per heavy atom. The number of hydrogen-bond acceptors (Lipinski definition) is 6. The summed E-state index contributed by atoms with van der Waals surface area (Å²) in [4.78, 5) is 44.7. The van der Waals surface area contributed by atoms with Gasteiger partial charge in [0, 0.05) is 6.42 Å². The number of benzene rings is 2. The Kier molecular flexibility index (Phi) is 10.8. The van der Waals surface area contributed by atoms with E-state index in [1.54, 1.807) is 50.2 Å². The Labute approximate surface area is 184 Å². The van der Waals surface area contributed by atoms with E-state index in [-0.39, 0.29) is 6.29 Å². The molecule has 0 aromatic heterocycles. The number of hydrogen-bond donors (Lipinski definition) is 0. The zero-order valence-corrected chi connectivity index (χ0v) is 18.2. The van der Waals surface area contributed by atoms with Crippen molar-refractivity contribution < 1.29 is 29.1 Å². The maximum absolute atomic E-state index is 12.3. The van der Waals surface area contributed by atoms with Gasteiger partial charge in [-0.05, 0) is 43.5 Å². The van der Waals surface area contributed by atoms with Crippen molar-refractivity contribution in [3.05, 3.63) is 84.0 Å². The standard InChI is InChI=1S/C25H30O6/c1-4-5-6-7-8-9-18-23(28-30-24(26)21-16-12-10-14-19(21)2)29-31-25(27)22-17-13-11-15-20(22)3/h10-17H,1,4-9,18H2,2-3H3. The molecule has 0 unspecified atom stereocenters. The number of unbranched alkanes of at least 4 members (excludes halogenated alkanes) is 5. The van der Waals surface area contributed by atoms with Crippen molar-refractivity contribution in [1.82, 2.24) is 0 Å². The van der Waals surface area contributed by atoms with Crippen molar-refractivity contribution >= 4 is 11.9 Å². The van der Waals surface area contributed by atoms with Gasteiger partial charge in [0.25, 0.3) is 0 Å². The molecule has 0 aliphatic heterocycles. The summed E-state index contributed by atoms with van der Waals surface area (Å²) in [6.07, 6.45) is 6.08. The molecule has 0 fully saturated rings. The van der Waals surface area contributed by atoms with Crippen LogP contribution in [0.25, 0.3) is 0 Å². The predicted octanol–water partition coefficient (Wildman–Crippen LogP) is 6.23. The molecule has 2 radical (unpaired) electrons. The molecule has 0 spiro atoms. The van der Waals surface area contributed by atoms with Crippen molar-refractivity contribution in [3.8, 4) is 0 Å². The third-order valence-electron chi connectivity index (χ3n) is 4.78. The van der Waals surface area contributed by atoms with E-state index in [1.807, 2.05) is 12.1 Å². The first kappa shape index (κ1) is 24.6. The highest BCUT2D eigenvalue weighted by molar-refractivity contribution is 5.91. The SMILES string of the molecule is [CH2]CCCCCCC[C](OOC(=O)c1ccccc1C)OOC(=O)c1ccccc1C. The van der Waals surface area contributed by atoms with Crippen LogP contribution in [0.15, 0.2) is 48.5 Å². The van der Waals surface area contributed by atoms with Gasteiger partial charge in [-0.25, -0.2) is 9.59 Å². The first-order chi connectivity index (χ1) is 15.0.